The van der Waals surface area contributed by atoms with Crippen molar-refractivity contribution in [1.29, 1.82) is 0 Å². The van der Waals surface area contributed by atoms with Crippen molar-refractivity contribution in [3.63, 3.8) is 0 Å². The highest BCUT2D eigenvalue weighted by Gasteiger charge is 2.28. The Morgan fingerprint density at radius 3 is 2.30 bits per heavy atom. The highest BCUT2D eigenvalue weighted by molar-refractivity contribution is 7.93. The van der Waals surface area contributed by atoms with Gasteiger partial charge in [0.25, 0.3) is 5.91 Å². The standard InChI is InChI=1S/C24H24N2O3S/c1-18(19-11-13-21(14-12-19)20-7-3-2-4-8-20)25-24(27)22-9-5-10-23(17-22)26-15-6-16-30(26,28)29/h2-5,7-14,17-18H,6,15-16H2,1H3,(H,25,27)/t18-/m0/s1. The van der Waals surface area contributed by atoms with Gasteiger partial charge in [0, 0.05) is 12.1 Å². The van der Waals surface area contributed by atoms with Gasteiger partial charge in [0.15, 0.2) is 0 Å². The van der Waals surface area contributed by atoms with Crippen molar-refractivity contribution in [3.05, 3.63) is 90.0 Å². The summed E-state index contributed by atoms with van der Waals surface area (Å²) in [7, 11) is -3.27. The van der Waals surface area contributed by atoms with E-state index in [-0.39, 0.29) is 17.7 Å². The molecule has 1 heterocycles. The van der Waals surface area contributed by atoms with Crippen molar-refractivity contribution < 1.29 is 13.2 Å². The lowest BCUT2D eigenvalue weighted by Gasteiger charge is -2.19. The molecule has 1 N–H and O–H groups in total. The molecule has 0 saturated carbocycles. The summed E-state index contributed by atoms with van der Waals surface area (Å²) in [5.41, 5.74) is 4.26. The van der Waals surface area contributed by atoms with Gasteiger partial charge in [0.1, 0.15) is 0 Å². The first kappa shape index (κ1) is 20.2. The Labute approximate surface area is 177 Å². The molecule has 0 unspecified atom stereocenters. The summed E-state index contributed by atoms with van der Waals surface area (Å²) in [6.45, 7) is 2.39. The number of carbonyl (C=O) groups excluding carboxylic acids is 1. The number of rotatable bonds is 5. The second-order valence-electron chi connectivity index (χ2n) is 7.48. The molecular weight excluding hydrogens is 396 g/mol. The van der Waals surface area contributed by atoms with E-state index >= 15 is 0 Å². The Morgan fingerprint density at radius 1 is 0.933 bits per heavy atom. The third-order valence-electron chi connectivity index (χ3n) is 5.36. The van der Waals surface area contributed by atoms with E-state index in [0.717, 1.165) is 16.7 Å². The normalized spacial score (nSPS) is 16.2. The molecule has 0 radical (unpaired) electrons. The molecule has 0 spiro atoms. The molecule has 6 heteroatoms. The third kappa shape index (κ3) is 4.24. The summed E-state index contributed by atoms with van der Waals surface area (Å²) in [5, 5.41) is 3.00. The summed E-state index contributed by atoms with van der Waals surface area (Å²) >= 11 is 0. The number of nitrogens with zero attached hydrogens (tertiary/aromatic N) is 1. The lowest BCUT2D eigenvalue weighted by Crippen LogP contribution is -2.28. The Bertz CT molecular complexity index is 1140. The van der Waals surface area contributed by atoms with Crippen LogP contribution in [0.25, 0.3) is 11.1 Å². The van der Waals surface area contributed by atoms with Gasteiger partial charge in [0.2, 0.25) is 10.0 Å². The van der Waals surface area contributed by atoms with E-state index in [1.165, 1.54) is 4.31 Å². The summed E-state index contributed by atoms with van der Waals surface area (Å²) in [6.07, 6.45) is 0.606. The minimum Gasteiger partial charge on any atom is -0.346 e. The first-order chi connectivity index (χ1) is 14.4. The molecule has 1 amide bonds. The van der Waals surface area contributed by atoms with Gasteiger partial charge in [-0.1, -0.05) is 60.7 Å². The quantitative estimate of drug-likeness (QED) is 0.666. The van der Waals surface area contributed by atoms with Crippen LogP contribution in [0.3, 0.4) is 0 Å². The lowest BCUT2D eigenvalue weighted by molar-refractivity contribution is 0.0940. The zero-order valence-electron chi connectivity index (χ0n) is 16.8. The number of amides is 1. The second-order valence-corrected chi connectivity index (χ2v) is 9.49. The van der Waals surface area contributed by atoms with Crippen LogP contribution in [-0.2, 0) is 10.0 Å². The maximum absolute atomic E-state index is 12.8. The number of benzene rings is 3. The van der Waals surface area contributed by atoms with E-state index in [4.69, 9.17) is 0 Å². The first-order valence-electron chi connectivity index (χ1n) is 10.0. The monoisotopic (exact) mass is 420 g/mol. The van der Waals surface area contributed by atoms with Crippen LogP contribution in [-0.4, -0.2) is 26.6 Å². The number of carbonyl (C=O) groups is 1. The van der Waals surface area contributed by atoms with Gasteiger partial charge in [-0.15, -0.1) is 0 Å². The van der Waals surface area contributed by atoms with Crippen molar-refractivity contribution in [3.8, 4) is 11.1 Å². The molecular formula is C24H24N2O3S. The van der Waals surface area contributed by atoms with E-state index in [1.54, 1.807) is 24.3 Å². The molecule has 154 valence electrons. The Hall–Kier alpha value is -3.12. The number of anilines is 1. The minimum absolute atomic E-state index is 0.152. The summed E-state index contributed by atoms with van der Waals surface area (Å²) < 4.78 is 25.7. The summed E-state index contributed by atoms with van der Waals surface area (Å²) in [4.78, 5) is 12.8. The zero-order chi connectivity index (χ0) is 21.1. The largest absolute Gasteiger partial charge is 0.346 e. The van der Waals surface area contributed by atoms with Gasteiger partial charge in [-0.25, -0.2) is 8.42 Å². The highest BCUT2D eigenvalue weighted by Crippen LogP contribution is 2.25. The molecule has 3 aromatic rings. The number of hydrogen-bond donors (Lipinski definition) is 1. The van der Waals surface area contributed by atoms with Crippen LogP contribution >= 0.6 is 0 Å². The van der Waals surface area contributed by atoms with E-state index < -0.39 is 10.0 Å². The molecule has 1 saturated heterocycles. The Kier molecular flexibility index (Phi) is 5.59. The maximum atomic E-state index is 12.8. The predicted molar refractivity (Wildman–Crippen MR) is 120 cm³/mol. The molecule has 1 aliphatic rings. The van der Waals surface area contributed by atoms with Gasteiger partial charge >= 0.3 is 0 Å². The van der Waals surface area contributed by atoms with Crippen molar-refractivity contribution in [1.82, 2.24) is 5.32 Å². The molecule has 0 aromatic heterocycles. The molecule has 30 heavy (non-hydrogen) atoms. The van der Waals surface area contributed by atoms with Crippen LogP contribution in [0.5, 0.6) is 0 Å². The van der Waals surface area contributed by atoms with Gasteiger partial charge in [-0.05, 0) is 48.2 Å². The highest BCUT2D eigenvalue weighted by atomic mass is 32.2. The maximum Gasteiger partial charge on any atom is 0.251 e. The van der Waals surface area contributed by atoms with E-state index in [2.05, 4.69) is 17.4 Å². The average molecular weight is 421 g/mol. The van der Waals surface area contributed by atoms with E-state index in [9.17, 15) is 13.2 Å². The average Bonchev–Trinajstić information content (AvgIpc) is 3.13. The summed E-state index contributed by atoms with van der Waals surface area (Å²) in [6, 6.07) is 24.9. The second kappa shape index (κ2) is 8.32. The molecule has 0 bridgehead atoms. The molecule has 5 nitrogen and oxygen atoms in total. The Morgan fingerprint density at radius 2 is 1.63 bits per heavy atom. The molecule has 4 rings (SSSR count). The fraction of sp³-hybridized carbons (Fsp3) is 0.208. The fourth-order valence-corrected chi connectivity index (χ4v) is 5.25. The smallest absolute Gasteiger partial charge is 0.251 e. The van der Waals surface area contributed by atoms with Crippen LogP contribution in [0, 0.1) is 0 Å². The molecule has 1 fully saturated rings. The third-order valence-corrected chi connectivity index (χ3v) is 7.23. The topological polar surface area (TPSA) is 66.5 Å². The van der Waals surface area contributed by atoms with Crippen LogP contribution in [0.15, 0.2) is 78.9 Å². The fourth-order valence-electron chi connectivity index (χ4n) is 3.69. The van der Waals surface area contributed by atoms with Crippen LogP contribution in [0.1, 0.15) is 35.3 Å². The molecule has 3 aromatic carbocycles. The van der Waals surface area contributed by atoms with E-state index in [0.29, 0.717) is 24.2 Å². The van der Waals surface area contributed by atoms with Gasteiger partial charge < -0.3 is 5.32 Å². The zero-order valence-corrected chi connectivity index (χ0v) is 17.6. The minimum atomic E-state index is -3.27. The van der Waals surface area contributed by atoms with Gasteiger partial charge in [0.05, 0.1) is 17.5 Å². The van der Waals surface area contributed by atoms with Gasteiger partial charge in [-0.2, -0.15) is 0 Å². The Balaban J connectivity index is 1.47. The van der Waals surface area contributed by atoms with Gasteiger partial charge in [-0.3, -0.25) is 9.10 Å². The van der Waals surface area contributed by atoms with Crippen molar-refractivity contribution in [2.75, 3.05) is 16.6 Å². The first-order valence-corrected chi connectivity index (χ1v) is 11.6. The number of nitrogens with one attached hydrogen (secondary N) is 1. The van der Waals surface area contributed by atoms with Crippen molar-refractivity contribution in [2.24, 2.45) is 0 Å². The van der Waals surface area contributed by atoms with Crippen LogP contribution in [0.2, 0.25) is 0 Å². The molecule has 1 atom stereocenters. The lowest BCUT2D eigenvalue weighted by atomic mass is 10.0. The predicted octanol–water partition coefficient (Wildman–Crippen LogP) is 4.38. The SMILES string of the molecule is C[C@H](NC(=O)c1cccc(N2CCCS2(=O)=O)c1)c1ccc(-c2ccccc2)cc1. The van der Waals surface area contributed by atoms with Crippen LogP contribution < -0.4 is 9.62 Å². The summed E-state index contributed by atoms with van der Waals surface area (Å²) in [5.74, 6) is -0.0764. The number of sulfonamides is 1. The van der Waals surface area contributed by atoms with Crippen molar-refractivity contribution in [2.45, 2.75) is 19.4 Å². The van der Waals surface area contributed by atoms with Crippen LogP contribution in [0.4, 0.5) is 5.69 Å². The van der Waals surface area contributed by atoms with E-state index in [1.807, 2.05) is 49.4 Å². The molecule has 0 aliphatic carbocycles. The number of hydrogen-bond acceptors (Lipinski definition) is 3. The van der Waals surface area contributed by atoms with Crippen molar-refractivity contribution >= 4 is 21.6 Å². The molecule has 1 aliphatic heterocycles.